The second kappa shape index (κ2) is 8.28. The molecule has 0 heterocycles. The van der Waals surface area contributed by atoms with Gasteiger partial charge in [-0.2, -0.15) is 0 Å². The summed E-state index contributed by atoms with van der Waals surface area (Å²) in [4.78, 5) is 22.3. The van der Waals surface area contributed by atoms with E-state index in [4.69, 9.17) is 0 Å². The number of nitro groups is 1. The summed E-state index contributed by atoms with van der Waals surface area (Å²) in [6.07, 6.45) is 1.06. The number of nitro benzene ring substituents is 1. The molecule has 0 radical (unpaired) electrons. The van der Waals surface area contributed by atoms with Crippen LogP contribution in [-0.4, -0.2) is 32.0 Å². The first kappa shape index (κ1) is 19.9. The Kier molecular flexibility index (Phi) is 6.32. The first-order valence-electron chi connectivity index (χ1n) is 7.44. The van der Waals surface area contributed by atoms with E-state index in [-0.39, 0.29) is 35.1 Å². The van der Waals surface area contributed by atoms with Gasteiger partial charge in [0.15, 0.2) is 9.84 Å². The lowest BCUT2D eigenvalue weighted by molar-refractivity contribution is -0.384. The van der Waals surface area contributed by atoms with E-state index in [0.717, 1.165) is 16.8 Å². The minimum absolute atomic E-state index is 0.0844. The fraction of sp³-hybridized carbons (Fsp3) is 0.188. The summed E-state index contributed by atoms with van der Waals surface area (Å²) in [6, 6.07) is 10.7. The van der Waals surface area contributed by atoms with Crippen molar-refractivity contribution in [3.63, 3.8) is 0 Å². The van der Waals surface area contributed by atoms with Gasteiger partial charge in [-0.25, -0.2) is 8.42 Å². The zero-order chi connectivity index (χ0) is 19.3. The number of hydrogen-bond acceptors (Lipinski definition) is 6. The Morgan fingerprint density at radius 3 is 2.42 bits per heavy atom. The number of rotatable bonds is 7. The number of nitrogens with zero attached hydrogens (tertiary/aromatic N) is 1. The van der Waals surface area contributed by atoms with Gasteiger partial charge in [-0.15, -0.1) is 0 Å². The van der Waals surface area contributed by atoms with E-state index in [9.17, 15) is 23.3 Å². The van der Waals surface area contributed by atoms with Gasteiger partial charge in [-0.1, -0.05) is 15.9 Å². The molecular weight excluding hydrogens is 426 g/mol. The highest BCUT2D eigenvalue weighted by Crippen LogP contribution is 2.27. The number of carbonyl (C=O) groups is 1. The second-order valence-electron chi connectivity index (χ2n) is 5.44. The Morgan fingerprint density at radius 1 is 1.19 bits per heavy atom. The van der Waals surface area contributed by atoms with Crippen molar-refractivity contribution >= 4 is 48.7 Å². The quantitative estimate of drug-likeness (QED) is 0.502. The molecule has 138 valence electrons. The van der Waals surface area contributed by atoms with Crippen LogP contribution in [0.25, 0.3) is 0 Å². The van der Waals surface area contributed by atoms with E-state index < -0.39 is 14.8 Å². The van der Waals surface area contributed by atoms with Crippen LogP contribution in [0.5, 0.6) is 0 Å². The van der Waals surface area contributed by atoms with Crippen molar-refractivity contribution in [3.8, 4) is 0 Å². The Hall–Kier alpha value is -2.46. The van der Waals surface area contributed by atoms with Crippen molar-refractivity contribution in [2.75, 3.05) is 23.4 Å². The molecule has 0 aliphatic rings. The van der Waals surface area contributed by atoms with E-state index in [1.165, 1.54) is 12.1 Å². The first-order valence-corrected chi connectivity index (χ1v) is 10.1. The molecule has 0 spiro atoms. The van der Waals surface area contributed by atoms with Crippen LogP contribution in [0.1, 0.15) is 6.42 Å². The number of halogens is 1. The monoisotopic (exact) mass is 441 g/mol. The average Bonchev–Trinajstić information content (AvgIpc) is 2.56. The Morgan fingerprint density at radius 2 is 1.85 bits per heavy atom. The third kappa shape index (κ3) is 5.53. The highest BCUT2D eigenvalue weighted by molar-refractivity contribution is 9.10. The minimum Gasteiger partial charge on any atom is -0.379 e. The van der Waals surface area contributed by atoms with Crippen molar-refractivity contribution in [1.82, 2.24) is 0 Å². The van der Waals surface area contributed by atoms with E-state index in [1.54, 1.807) is 24.3 Å². The van der Waals surface area contributed by atoms with Gasteiger partial charge in [0.2, 0.25) is 5.91 Å². The smallest absolute Gasteiger partial charge is 0.293 e. The SMILES string of the molecule is CS(=O)(=O)c1ccc(NCCC(=O)Nc2ccc(Br)cc2)c([N+](=O)[O-])c1. The number of anilines is 2. The summed E-state index contributed by atoms with van der Waals surface area (Å²) in [5.74, 6) is -0.254. The van der Waals surface area contributed by atoms with Crippen LogP contribution in [0.15, 0.2) is 51.8 Å². The Labute approximate surface area is 158 Å². The third-order valence-electron chi connectivity index (χ3n) is 3.39. The summed E-state index contributed by atoms with van der Waals surface area (Å²) < 4.78 is 23.9. The summed E-state index contributed by atoms with van der Waals surface area (Å²) in [5.41, 5.74) is 0.432. The average molecular weight is 442 g/mol. The molecule has 0 fully saturated rings. The number of hydrogen-bond donors (Lipinski definition) is 2. The summed E-state index contributed by atoms with van der Waals surface area (Å²) in [6.45, 7) is 0.154. The topological polar surface area (TPSA) is 118 Å². The number of benzene rings is 2. The molecule has 26 heavy (non-hydrogen) atoms. The maximum atomic E-state index is 11.9. The van der Waals surface area contributed by atoms with Gasteiger partial charge < -0.3 is 10.6 Å². The largest absolute Gasteiger partial charge is 0.379 e. The predicted molar refractivity (Wildman–Crippen MR) is 102 cm³/mol. The summed E-state index contributed by atoms with van der Waals surface area (Å²) >= 11 is 3.30. The Balaban J connectivity index is 1.99. The third-order valence-corrected chi connectivity index (χ3v) is 5.03. The molecule has 0 atom stereocenters. The van der Waals surface area contributed by atoms with E-state index in [2.05, 4.69) is 26.6 Å². The lowest BCUT2D eigenvalue weighted by Crippen LogP contribution is -2.16. The molecule has 0 aliphatic carbocycles. The van der Waals surface area contributed by atoms with Crippen molar-refractivity contribution in [2.45, 2.75) is 11.3 Å². The van der Waals surface area contributed by atoms with Crippen LogP contribution >= 0.6 is 15.9 Å². The van der Waals surface area contributed by atoms with E-state index >= 15 is 0 Å². The van der Waals surface area contributed by atoms with Crippen LogP contribution in [0.3, 0.4) is 0 Å². The van der Waals surface area contributed by atoms with Crippen LogP contribution in [0.2, 0.25) is 0 Å². The van der Waals surface area contributed by atoms with Gasteiger partial charge >= 0.3 is 0 Å². The second-order valence-corrected chi connectivity index (χ2v) is 8.37. The molecule has 0 aromatic heterocycles. The number of carbonyl (C=O) groups excluding carboxylic acids is 1. The van der Waals surface area contributed by atoms with Gasteiger partial charge in [-0.3, -0.25) is 14.9 Å². The fourth-order valence-electron chi connectivity index (χ4n) is 2.11. The molecule has 2 rings (SSSR count). The molecule has 0 saturated carbocycles. The maximum Gasteiger partial charge on any atom is 0.293 e. The minimum atomic E-state index is -3.55. The molecule has 2 N–H and O–H groups in total. The van der Waals surface area contributed by atoms with Gasteiger partial charge in [0.1, 0.15) is 5.69 Å². The standard InChI is InChI=1S/C16H16BrN3O5S/c1-26(24,25)13-6-7-14(15(10-13)20(22)23)18-9-8-16(21)19-12-4-2-11(17)3-5-12/h2-7,10,18H,8-9H2,1H3,(H,19,21). The van der Waals surface area contributed by atoms with Crippen molar-refractivity contribution in [2.24, 2.45) is 0 Å². The molecule has 2 aromatic rings. The zero-order valence-corrected chi connectivity index (χ0v) is 16.1. The number of sulfone groups is 1. The van der Waals surface area contributed by atoms with E-state index in [0.29, 0.717) is 5.69 Å². The molecule has 10 heteroatoms. The lowest BCUT2D eigenvalue weighted by atomic mass is 10.2. The predicted octanol–water partition coefficient (Wildman–Crippen LogP) is 3.20. The van der Waals surface area contributed by atoms with Gasteiger partial charge in [0.05, 0.1) is 9.82 Å². The molecule has 0 unspecified atom stereocenters. The van der Waals surface area contributed by atoms with Gasteiger partial charge in [-0.05, 0) is 36.4 Å². The van der Waals surface area contributed by atoms with Crippen LogP contribution in [-0.2, 0) is 14.6 Å². The van der Waals surface area contributed by atoms with Crippen molar-refractivity contribution in [3.05, 3.63) is 57.1 Å². The highest BCUT2D eigenvalue weighted by Gasteiger charge is 2.18. The van der Waals surface area contributed by atoms with Gasteiger partial charge in [0, 0.05) is 35.4 Å². The molecule has 0 bridgehead atoms. The van der Waals surface area contributed by atoms with Crippen molar-refractivity contribution in [1.29, 1.82) is 0 Å². The van der Waals surface area contributed by atoms with E-state index in [1.807, 2.05) is 0 Å². The fourth-order valence-corrected chi connectivity index (χ4v) is 3.02. The first-order chi connectivity index (χ1) is 12.2. The normalized spacial score (nSPS) is 11.0. The number of nitrogens with one attached hydrogen (secondary N) is 2. The molecule has 0 saturated heterocycles. The lowest BCUT2D eigenvalue weighted by Gasteiger charge is -2.09. The Bertz CT molecular complexity index is 929. The number of amides is 1. The van der Waals surface area contributed by atoms with Crippen molar-refractivity contribution < 1.29 is 18.1 Å². The van der Waals surface area contributed by atoms with Crippen LogP contribution in [0, 0.1) is 10.1 Å². The molecule has 8 nitrogen and oxygen atoms in total. The zero-order valence-electron chi connectivity index (χ0n) is 13.7. The molecule has 2 aromatic carbocycles. The highest BCUT2D eigenvalue weighted by atomic mass is 79.9. The summed E-state index contributed by atoms with van der Waals surface area (Å²) in [5, 5.41) is 16.7. The summed E-state index contributed by atoms with van der Waals surface area (Å²) in [7, 11) is -3.55. The molecular formula is C16H16BrN3O5S. The molecule has 0 aliphatic heterocycles. The van der Waals surface area contributed by atoms with Crippen LogP contribution in [0.4, 0.5) is 17.1 Å². The maximum absolute atomic E-state index is 11.9. The van der Waals surface area contributed by atoms with Gasteiger partial charge in [0.25, 0.3) is 5.69 Å². The van der Waals surface area contributed by atoms with Crippen LogP contribution < -0.4 is 10.6 Å². The molecule has 1 amide bonds.